The summed E-state index contributed by atoms with van der Waals surface area (Å²) in [6, 6.07) is 43.8. The van der Waals surface area contributed by atoms with Crippen LogP contribution in [0.25, 0.3) is 66.3 Å². The van der Waals surface area contributed by atoms with E-state index in [1.807, 2.05) is 0 Å². The van der Waals surface area contributed by atoms with Gasteiger partial charge in [0.15, 0.2) is 0 Å². The summed E-state index contributed by atoms with van der Waals surface area (Å²) in [5, 5.41) is 1.46. The van der Waals surface area contributed by atoms with Crippen LogP contribution in [0.3, 0.4) is 0 Å². The molecule has 7 bridgehead atoms. The lowest BCUT2D eigenvalue weighted by Gasteiger charge is -2.48. The van der Waals surface area contributed by atoms with Crippen LogP contribution in [0.1, 0.15) is 110 Å². The van der Waals surface area contributed by atoms with Crippen molar-refractivity contribution in [3.63, 3.8) is 0 Å². The van der Waals surface area contributed by atoms with Gasteiger partial charge in [-0.05, 0) is 185 Å². The van der Waals surface area contributed by atoms with E-state index in [2.05, 4.69) is 126 Å². The summed E-state index contributed by atoms with van der Waals surface area (Å²) < 4.78 is 3.71. The molecule has 0 saturated heterocycles. The molecule has 298 valence electrons. The Hall–Kier alpha value is -5.74. The second-order valence-electron chi connectivity index (χ2n) is 20.8. The molecule has 2 aromatic heterocycles. The van der Waals surface area contributed by atoms with Gasteiger partial charge in [-0.15, -0.1) is 0 Å². The molecule has 4 nitrogen and oxygen atoms in total. The molecule has 0 amide bonds. The lowest BCUT2D eigenvalue weighted by atomic mass is 9.56. The molecule has 2 heterocycles. The highest BCUT2D eigenvalue weighted by atomic mass is 16.2. The minimum atomic E-state index is -0.166. The zero-order valence-corrected chi connectivity index (χ0v) is 34.4. The van der Waals surface area contributed by atoms with Gasteiger partial charge in [0, 0.05) is 11.1 Å². The Morgan fingerprint density at radius 2 is 0.885 bits per heavy atom. The van der Waals surface area contributed by atoms with Crippen LogP contribution in [0.4, 0.5) is 0 Å². The Balaban J connectivity index is 1.10. The van der Waals surface area contributed by atoms with Crippen LogP contribution in [-0.2, 0) is 0 Å². The van der Waals surface area contributed by atoms with Gasteiger partial charge in [0.1, 0.15) is 0 Å². The van der Waals surface area contributed by atoms with Crippen LogP contribution in [-0.4, -0.2) is 9.03 Å². The van der Waals surface area contributed by atoms with E-state index in [1.54, 1.807) is 4.52 Å². The van der Waals surface area contributed by atoms with Crippen molar-refractivity contribution in [2.45, 2.75) is 87.9 Å². The van der Waals surface area contributed by atoms with E-state index in [-0.39, 0.29) is 11.1 Å². The average molecular weight is 793 g/mol. The summed E-state index contributed by atoms with van der Waals surface area (Å²) in [7, 11) is 0. The first kappa shape index (κ1) is 33.9. The number of benzene rings is 6. The zero-order valence-electron chi connectivity index (χ0n) is 34.4. The van der Waals surface area contributed by atoms with Gasteiger partial charge in [-0.1, -0.05) is 109 Å². The minimum absolute atomic E-state index is 0.165. The maximum Gasteiger partial charge on any atom is 0.283 e. The second-order valence-corrected chi connectivity index (χ2v) is 20.8. The van der Waals surface area contributed by atoms with Gasteiger partial charge in [-0.25, -0.2) is 4.52 Å². The topological polar surface area (TPSA) is 43.0 Å². The van der Waals surface area contributed by atoms with Crippen molar-refractivity contribution in [2.75, 3.05) is 0 Å². The van der Waals surface area contributed by atoms with Gasteiger partial charge in [0.25, 0.3) is 11.1 Å². The fourth-order valence-corrected chi connectivity index (χ4v) is 16.2. The van der Waals surface area contributed by atoms with Crippen molar-refractivity contribution in [1.82, 2.24) is 9.03 Å². The van der Waals surface area contributed by atoms with Crippen molar-refractivity contribution in [3.05, 3.63) is 164 Å². The molecule has 16 rings (SSSR count). The Labute approximate surface area is 355 Å². The summed E-state index contributed by atoms with van der Waals surface area (Å²) in [4.78, 5) is 31.6. The second kappa shape index (κ2) is 11.8. The van der Waals surface area contributed by atoms with Gasteiger partial charge in [0.05, 0.1) is 21.8 Å². The molecule has 0 aliphatic heterocycles. The van der Waals surface area contributed by atoms with Crippen LogP contribution >= 0.6 is 0 Å². The molecular formula is C57H48N2O2. The normalized spacial score (nSPS) is 29.8. The number of fused-ring (bicyclic) bond motifs is 10. The van der Waals surface area contributed by atoms with Crippen LogP contribution in [0.15, 0.2) is 131 Å². The molecule has 8 aliphatic carbocycles. The first-order valence-corrected chi connectivity index (χ1v) is 23.4. The number of hydrogen-bond donors (Lipinski definition) is 0. The summed E-state index contributed by atoms with van der Waals surface area (Å²) in [5.41, 5.74) is 16.8. The predicted octanol–water partition coefficient (Wildman–Crippen LogP) is 13.0. The zero-order chi connectivity index (χ0) is 39.9. The predicted molar refractivity (Wildman–Crippen MR) is 245 cm³/mol. The van der Waals surface area contributed by atoms with Gasteiger partial charge < -0.3 is 0 Å². The molecule has 0 N–H and O–H groups in total. The van der Waals surface area contributed by atoms with E-state index in [9.17, 15) is 0 Å². The summed E-state index contributed by atoms with van der Waals surface area (Å²) in [5.74, 6) is 4.92. The van der Waals surface area contributed by atoms with E-state index in [4.69, 9.17) is 0 Å². The molecule has 61 heavy (non-hydrogen) atoms. The third-order valence-electron chi connectivity index (χ3n) is 18.2. The monoisotopic (exact) mass is 792 g/mol. The smallest absolute Gasteiger partial charge is 0.267 e. The maximum absolute atomic E-state index is 15.8. The summed E-state index contributed by atoms with van der Waals surface area (Å²) >= 11 is 0. The number of rotatable bonds is 4. The molecule has 5 saturated carbocycles. The molecule has 8 aromatic rings. The lowest BCUT2D eigenvalue weighted by molar-refractivity contribution is 0.00322. The molecular weight excluding hydrogens is 745 g/mol. The van der Waals surface area contributed by atoms with Crippen molar-refractivity contribution in [3.8, 4) is 44.5 Å². The number of nitrogens with zero attached hydrogens (tertiary/aromatic N) is 2. The Bertz CT molecular complexity index is 3310. The highest BCUT2D eigenvalue weighted by Gasteiger charge is 2.66. The third kappa shape index (κ3) is 4.27. The maximum atomic E-state index is 15.8. The molecule has 4 heteroatoms. The van der Waals surface area contributed by atoms with E-state index >= 15 is 9.59 Å². The van der Waals surface area contributed by atoms with Crippen molar-refractivity contribution < 1.29 is 0 Å². The van der Waals surface area contributed by atoms with Gasteiger partial charge in [0.2, 0.25) is 0 Å². The molecule has 0 radical (unpaired) electrons. The third-order valence-corrected chi connectivity index (χ3v) is 18.2. The molecule has 5 fully saturated rings. The van der Waals surface area contributed by atoms with E-state index in [1.165, 1.54) is 86.5 Å². The standard InChI is InChI=1S/C57H48N2O2/c60-55-53-47(27-45-35-20-31-19-32(21-35)23-36(22-31)49(45)51(53)43-17-9-7-15-41(43)33-11-3-1-4-12-33)58-48-28-46-37-24-39-26-40-25-38(30-57(39,40)29-37)50(46)52(54(48)56(61)59(55)58)44-18-10-8-16-42(44)34-13-5-2-6-14-34/h1-18,27-28,31-32,35-40H,19-26,29-30H2. The van der Waals surface area contributed by atoms with Crippen LogP contribution < -0.4 is 11.1 Å². The van der Waals surface area contributed by atoms with Crippen molar-refractivity contribution in [2.24, 2.45) is 29.1 Å². The molecule has 8 aliphatic rings. The summed E-state index contributed by atoms with van der Waals surface area (Å²) in [6.07, 6.45) is 12.6. The van der Waals surface area contributed by atoms with Crippen molar-refractivity contribution in [1.29, 1.82) is 0 Å². The van der Waals surface area contributed by atoms with Crippen molar-refractivity contribution >= 4 is 21.8 Å². The highest BCUT2D eigenvalue weighted by Crippen LogP contribution is 2.76. The first-order chi connectivity index (χ1) is 30.0. The van der Waals surface area contributed by atoms with Crippen LogP contribution in [0.2, 0.25) is 0 Å². The molecule has 6 aromatic carbocycles. The Morgan fingerprint density at radius 3 is 1.46 bits per heavy atom. The number of aromatic nitrogens is 2. The van der Waals surface area contributed by atoms with Crippen LogP contribution in [0.5, 0.6) is 0 Å². The SMILES string of the molecule is O=c1c2c(-c3ccccc3-c3ccccc3)c3c(cc2n2c4cc5c(c(-c6ccccc6-c6ccccc6)c4c(=O)n12)C1CC2CC4CC5CC42C1)C1CC2CC(C1)CC3C2. The van der Waals surface area contributed by atoms with Crippen LogP contribution in [0, 0.1) is 29.1 Å². The average Bonchev–Trinajstić information content (AvgIpc) is 3.90. The molecule has 1 spiro atoms. The van der Waals surface area contributed by atoms with E-state index in [0.29, 0.717) is 29.1 Å². The highest BCUT2D eigenvalue weighted by molar-refractivity contribution is 6.06. The van der Waals surface area contributed by atoms with Gasteiger partial charge >= 0.3 is 0 Å². The quantitative estimate of drug-likeness (QED) is 0.178. The lowest BCUT2D eigenvalue weighted by Crippen LogP contribution is -2.41. The minimum Gasteiger partial charge on any atom is -0.267 e. The Kier molecular flexibility index (Phi) is 6.55. The molecule has 7 atom stereocenters. The molecule has 7 unspecified atom stereocenters. The number of hydrogen-bond acceptors (Lipinski definition) is 2. The van der Waals surface area contributed by atoms with E-state index in [0.717, 1.165) is 90.0 Å². The summed E-state index contributed by atoms with van der Waals surface area (Å²) in [6.45, 7) is 0. The largest absolute Gasteiger partial charge is 0.283 e. The fourth-order valence-electron chi connectivity index (χ4n) is 16.2. The fraction of sp³-hybridized carbons (Fsp3) is 0.333. The van der Waals surface area contributed by atoms with Gasteiger partial charge in [-0.3, -0.25) is 9.59 Å². The Morgan fingerprint density at radius 1 is 0.426 bits per heavy atom. The van der Waals surface area contributed by atoms with E-state index < -0.39 is 0 Å². The first-order valence-electron chi connectivity index (χ1n) is 23.4. The van der Waals surface area contributed by atoms with Gasteiger partial charge in [-0.2, -0.15) is 4.52 Å².